The summed E-state index contributed by atoms with van der Waals surface area (Å²) in [6.07, 6.45) is 5.33. The molecule has 0 radical (unpaired) electrons. The highest BCUT2D eigenvalue weighted by molar-refractivity contribution is 5.73. The minimum absolute atomic E-state index is 0.112. The molecule has 2 amide bonds. The molecular formula is C14H26N2O3. The number of carboxylic acid groups (broad SMARTS) is 1. The highest BCUT2D eigenvalue weighted by Gasteiger charge is 2.31. The normalized spacial score (nSPS) is 18.2. The number of urea groups is 1. The second kappa shape index (κ2) is 7.36. The molecule has 0 aromatic heterocycles. The van der Waals surface area contributed by atoms with E-state index in [4.69, 9.17) is 5.11 Å². The summed E-state index contributed by atoms with van der Waals surface area (Å²) >= 11 is 0. The van der Waals surface area contributed by atoms with Crippen LogP contribution < -0.4 is 10.6 Å². The first-order valence-corrected chi connectivity index (χ1v) is 7.15. The summed E-state index contributed by atoms with van der Waals surface area (Å²) in [5, 5.41) is 14.3. The zero-order chi connectivity index (χ0) is 14.3. The van der Waals surface area contributed by atoms with Gasteiger partial charge in [-0.05, 0) is 37.0 Å². The first kappa shape index (κ1) is 15.8. The Morgan fingerprint density at radius 2 is 1.95 bits per heavy atom. The molecule has 0 saturated heterocycles. The van der Waals surface area contributed by atoms with E-state index in [2.05, 4.69) is 17.6 Å². The van der Waals surface area contributed by atoms with E-state index in [9.17, 15) is 9.59 Å². The summed E-state index contributed by atoms with van der Waals surface area (Å²) in [4.78, 5) is 22.0. The fourth-order valence-electron chi connectivity index (χ4n) is 2.26. The molecule has 0 aromatic rings. The minimum Gasteiger partial charge on any atom is -0.481 e. The van der Waals surface area contributed by atoms with Gasteiger partial charge in [-0.3, -0.25) is 4.79 Å². The summed E-state index contributed by atoms with van der Waals surface area (Å²) in [6, 6.07) is -0.112. The molecule has 1 unspecified atom stereocenters. The van der Waals surface area contributed by atoms with Crippen molar-refractivity contribution in [2.24, 2.45) is 11.3 Å². The van der Waals surface area contributed by atoms with Gasteiger partial charge in [-0.15, -0.1) is 0 Å². The van der Waals surface area contributed by atoms with Gasteiger partial charge >= 0.3 is 12.0 Å². The lowest BCUT2D eigenvalue weighted by Gasteiger charge is -2.38. The molecule has 0 spiro atoms. The maximum atomic E-state index is 11.6. The number of aliphatic carboxylic acids is 1. The van der Waals surface area contributed by atoms with Crippen LogP contribution in [0.15, 0.2) is 0 Å². The maximum absolute atomic E-state index is 11.6. The zero-order valence-electron chi connectivity index (χ0n) is 12.0. The number of nitrogens with one attached hydrogen (secondary N) is 2. The average molecular weight is 270 g/mol. The summed E-state index contributed by atoms with van der Waals surface area (Å²) in [6.45, 7) is 5.55. The Balaban J connectivity index is 2.01. The fourth-order valence-corrected chi connectivity index (χ4v) is 2.26. The van der Waals surface area contributed by atoms with Crippen LogP contribution in [0.1, 0.15) is 52.4 Å². The average Bonchev–Trinajstić information content (AvgIpc) is 2.31. The number of hydrogen-bond donors (Lipinski definition) is 3. The predicted molar refractivity (Wildman–Crippen MR) is 74.0 cm³/mol. The summed E-state index contributed by atoms with van der Waals surface area (Å²) < 4.78 is 0. The van der Waals surface area contributed by atoms with Gasteiger partial charge in [-0.25, -0.2) is 4.79 Å². The van der Waals surface area contributed by atoms with Crippen molar-refractivity contribution in [3.05, 3.63) is 0 Å². The molecule has 0 aliphatic heterocycles. The lowest BCUT2D eigenvalue weighted by molar-refractivity contribution is -0.137. The molecule has 5 heteroatoms. The van der Waals surface area contributed by atoms with Crippen molar-refractivity contribution in [1.82, 2.24) is 10.6 Å². The van der Waals surface area contributed by atoms with Crippen LogP contribution in [-0.4, -0.2) is 30.2 Å². The van der Waals surface area contributed by atoms with E-state index < -0.39 is 5.97 Å². The number of carbonyl (C=O) groups excluding carboxylic acids is 1. The minimum atomic E-state index is -0.758. The maximum Gasteiger partial charge on any atom is 0.314 e. The topological polar surface area (TPSA) is 78.4 Å². The summed E-state index contributed by atoms with van der Waals surface area (Å²) in [7, 11) is 0. The molecule has 3 N–H and O–H groups in total. The number of amides is 2. The molecule has 1 fully saturated rings. The Morgan fingerprint density at radius 1 is 1.26 bits per heavy atom. The van der Waals surface area contributed by atoms with E-state index >= 15 is 0 Å². The SMILES string of the molecule is CC(CCNC(=O)NCC1(C)CCC1)CCC(=O)O. The Hall–Kier alpha value is -1.26. The molecule has 110 valence electrons. The van der Waals surface area contributed by atoms with Gasteiger partial charge in [0.1, 0.15) is 0 Å². The number of rotatable bonds is 8. The highest BCUT2D eigenvalue weighted by atomic mass is 16.4. The molecule has 1 atom stereocenters. The van der Waals surface area contributed by atoms with Crippen LogP contribution in [0.3, 0.4) is 0 Å². The van der Waals surface area contributed by atoms with Crippen LogP contribution in [0.25, 0.3) is 0 Å². The summed E-state index contributed by atoms with van der Waals surface area (Å²) in [5.41, 5.74) is 0.298. The van der Waals surface area contributed by atoms with Gasteiger partial charge in [-0.1, -0.05) is 20.3 Å². The van der Waals surface area contributed by atoms with Crippen LogP contribution in [0, 0.1) is 11.3 Å². The molecule has 0 bridgehead atoms. The Bertz CT molecular complexity index is 314. The lowest BCUT2D eigenvalue weighted by atomic mass is 9.70. The van der Waals surface area contributed by atoms with Crippen molar-refractivity contribution in [3.63, 3.8) is 0 Å². The van der Waals surface area contributed by atoms with Crippen molar-refractivity contribution in [2.75, 3.05) is 13.1 Å². The molecule has 1 aliphatic rings. The first-order chi connectivity index (χ1) is 8.91. The molecule has 1 aliphatic carbocycles. The quantitative estimate of drug-likeness (QED) is 0.633. The monoisotopic (exact) mass is 270 g/mol. The second-order valence-corrected chi connectivity index (χ2v) is 6.10. The van der Waals surface area contributed by atoms with Crippen molar-refractivity contribution < 1.29 is 14.7 Å². The van der Waals surface area contributed by atoms with E-state index in [1.807, 2.05) is 6.92 Å². The number of carbonyl (C=O) groups is 2. The van der Waals surface area contributed by atoms with E-state index in [1.54, 1.807) is 0 Å². The Kier molecular flexibility index (Phi) is 6.12. The van der Waals surface area contributed by atoms with Crippen LogP contribution in [-0.2, 0) is 4.79 Å². The highest BCUT2D eigenvalue weighted by Crippen LogP contribution is 2.39. The molecular weight excluding hydrogens is 244 g/mol. The molecule has 1 saturated carbocycles. The van der Waals surface area contributed by atoms with E-state index in [-0.39, 0.29) is 12.5 Å². The van der Waals surface area contributed by atoms with E-state index in [1.165, 1.54) is 19.3 Å². The van der Waals surface area contributed by atoms with Crippen molar-refractivity contribution >= 4 is 12.0 Å². The predicted octanol–water partition coefficient (Wildman–Crippen LogP) is 2.37. The van der Waals surface area contributed by atoms with Crippen LogP contribution in [0.5, 0.6) is 0 Å². The molecule has 19 heavy (non-hydrogen) atoms. The third-order valence-corrected chi connectivity index (χ3v) is 4.01. The smallest absolute Gasteiger partial charge is 0.314 e. The van der Waals surface area contributed by atoms with Crippen molar-refractivity contribution in [2.45, 2.75) is 52.4 Å². The van der Waals surface area contributed by atoms with Gasteiger partial charge < -0.3 is 15.7 Å². The molecule has 0 heterocycles. The third kappa shape index (κ3) is 6.45. The van der Waals surface area contributed by atoms with Crippen LogP contribution in [0.2, 0.25) is 0 Å². The first-order valence-electron chi connectivity index (χ1n) is 7.15. The summed E-state index contributed by atoms with van der Waals surface area (Å²) in [5.74, 6) is -0.438. The Labute approximate surface area is 115 Å². The van der Waals surface area contributed by atoms with E-state index in [0.717, 1.165) is 13.0 Å². The Morgan fingerprint density at radius 3 is 2.47 bits per heavy atom. The zero-order valence-corrected chi connectivity index (χ0v) is 12.0. The van der Waals surface area contributed by atoms with Crippen molar-refractivity contribution in [1.29, 1.82) is 0 Å². The van der Waals surface area contributed by atoms with Gasteiger partial charge in [0.05, 0.1) is 0 Å². The largest absolute Gasteiger partial charge is 0.481 e. The van der Waals surface area contributed by atoms with Crippen LogP contribution >= 0.6 is 0 Å². The standard InChI is InChI=1S/C14H26N2O3/c1-11(4-5-12(17)18)6-9-15-13(19)16-10-14(2)7-3-8-14/h11H,3-10H2,1-2H3,(H,17,18)(H2,15,16,19). The molecule has 5 nitrogen and oxygen atoms in total. The van der Waals surface area contributed by atoms with Crippen LogP contribution in [0.4, 0.5) is 4.79 Å². The third-order valence-electron chi connectivity index (χ3n) is 4.01. The molecule has 1 rings (SSSR count). The number of carboxylic acids is 1. The van der Waals surface area contributed by atoms with Gasteiger partial charge in [-0.2, -0.15) is 0 Å². The lowest BCUT2D eigenvalue weighted by Crippen LogP contribution is -2.44. The molecule has 0 aromatic carbocycles. The van der Waals surface area contributed by atoms with Gasteiger partial charge in [0.25, 0.3) is 0 Å². The van der Waals surface area contributed by atoms with Gasteiger partial charge in [0.15, 0.2) is 0 Å². The van der Waals surface area contributed by atoms with Gasteiger partial charge in [0, 0.05) is 19.5 Å². The van der Waals surface area contributed by atoms with Gasteiger partial charge in [0.2, 0.25) is 0 Å². The number of hydrogen-bond acceptors (Lipinski definition) is 2. The van der Waals surface area contributed by atoms with Crippen molar-refractivity contribution in [3.8, 4) is 0 Å². The second-order valence-electron chi connectivity index (χ2n) is 6.10. The van der Waals surface area contributed by atoms with E-state index in [0.29, 0.717) is 24.3 Å². The fraction of sp³-hybridized carbons (Fsp3) is 0.857.